The number of carbonyl (C=O) groups is 2. The third-order valence-corrected chi connectivity index (χ3v) is 7.62. The molecule has 0 amide bonds. The van der Waals surface area contributed by atoms with Crippen molar-refractivity contribution in [1.29, 1.82) is 0 Å². The summed E-state index contributed by atoms with van der Waals surface area (Å²) in [6.07, 6.45) is 34.3. The zero-order valence-corrected chi connectivity index (χ0v) is 25.6. The smallest absolute Gasteiger partial charge is 0.313 e. The first-order chi connectivity index (χ1) is 18.1. The fraction of sp³-hybridized carbons (Fsp3) is 0.941. The molecule has 0 spiro atoms. The fourth-order valence-corrected chi connectivity index (χ4v) is 5.11. The van der Waals surface area contributed by atoms with Crippen LogP contribution in [0.5, 0.6) is 0 Å². The van der Waals surface area contributed by atoms with Crippen LogP contribution in [0, 0.1) is 5.92 Å². The van der Waals surface area contributed by atoms with Gasteiger partial charge < -0.3 is 4.74 Å². The first kappa shape index (κ1) is 36.1. The quantitative estimate of drug-likeness (QED) is 0.0557. The highest BCUT2D eigenvalue weighted by atomic mass is 16.6. The van der Waals surface area contributed by atoms with E-state index in [0.717, 1.165) is 31.6 Å². The Morgan fingerprint density at radius 2 is 0.703 bits per heavy atom. The van der Waals surface area contributed by atoms with Crippen molar-refractivity contribution in [2.75, 3.05) is 0 Å². The second-order valence-corrected chi connectivity index (χ2v) is 12.0. The maximum atomic E-state index is 11.9. The highest BCUT2D eigenvalue weighted by Gasteiger charge is 2.09. The Kier molecular flexibility index (Phi) is 29.0. The minimum Gasteiger partial charge on any atom is -0.393 e. The molecule has 0 unspecified atom stereocenters. The molecular formula is C34H66O3. The molecule has 37 heavy (non-hydrogen) atoms. The lowest BCUT2D eigenvalue weighted by Crippen LogP contribution is -2.11. The summed E-state index contributed by atoms with van der Waals surface area (Å²) in [6, 6.07) is 0. The predicted octanol–water partition coefficient (Wildman–Crippen LogP) is 11.7. The molecular weight excluding hydrogens is 456 g/mol. The topological polar surface area (TPSA) is 43.4 Å². The summed E-state index contributed by atoms with van der Waals surface area (Å²) in [5, 5.41) is 0. The molecule has 0 saturated heterocycles. The van der Waals surface area contributed by atoms with Crippen LogP contribution in [0.3, 0.4) is 0 Å². The van der Waals surface area contributed by atoms with Crippen LogP contribution in [-0.4, -0.2) is 11.9 Å². The molecule has 0 fully saturated rings. The summed E-state index contributed by atoms with van der Waals surface area (Å²) < 4.78 is 5.00. The third-order valence-electron chi connectivity index (χ3n) is 7.62. The van der Waals surface area contributed by atoms with Crippen molar-refractivity contribution >= 4 is 11.9 Å². The molecule has 0 aromatic heterocycles. The Labute approximate surface area is 232 Å². The monoisotopic (exact) mass is 523 g/mol. The van der Waals surface area contributed by atoms with E-state index in [1.54, 1.807) is 0 Å². The van der Waals surface area contributed by atoms with E-state index < -0.39 is 0 Å². The second-order valence-electron chi connectivity index (χ2n) is 12.0. The maximum absolute atomic E-state index is 11.9. The first-order valence-electron chi connectivity index (χ1n) is 16.8. The van der Waals surface area contributed by atoms with Crippen LogP contribution in [0.15, 0.2) is 0 Å². The minimum atomic E-state index is -0.326. The Hall–Kier alpha value is -0.860. The molecule has 0 atom stereocenters. The zero-order valence-electron chi connectivity index (χ0n) is 25.6. The van der Waals surface area contributed by atoms with Crippen molar-refractivity contribution in [3.63, 3.8) is 0 Å². The predicted molar refractivity (Wildman–Crippen MR) is 161 cm³/mol. The van der Waals surface area contributed by atoms with Crippen LogP contribution in [-0.2, 0) is 14.3 Å². The zero-order chi connectivity index (χ0) is 27.2. The van der Waals surface area contributed by atoms with Crippen LogP contribution in [0.2, 0.25) is 0 Å². The van der Waals surface area contributed by atoms with Gasteiger partial charge in [-0.2, -0.15) is 0 Å². The molecule has 3 nitrogen and oxygen atoms in total. The lowest BCUT2D eigenvalue weighted by Gasteiger charge is -2.05. The van der Waals surface area contributed by atoms with E-state index in [4.69, 9.17) is 4.74 Å². The van der Waals surface area contributed by atoms with Gasteiger partial charge in [0.1, 0.15) is 0 Å². The summed E-state index contributed by atoms with van der Waals surface area (Å²) in [6.45, 7) is 6.90. The Morgan fingerprint density at radius 1 is 0.432 bits per heavy atom. The van der Waals surface area contributed by atoms with E-state index in [1.165, 1.54) is 141 Å². The van der Waals surface area contributed by atoms with Crippen molar-refractivity contribution in [1.82, 2.24) is 0 Å². The Morgan fingerprint density at radius 3 is 1.00 bits per heavy atom. The number of unbranched alkanes of at least 4 members (excludes halogenated alkanes) is 23. The summed E-state index contributed by atoms with van der Waals surface area (Å²) in [4.78, 5) is 23.8. The average Bonchev–Trinajstić information content (AvgIpc) is 2.86. The van der Waals surface area contributed by atoms with E-state index in [0.29, 0.717) is 12.8 Å². The van der Waals surface area contributed by atoms with E-state index in [1.807, 2.05) is 0 Å². The third kappa shape index (κ3) is 31.3. The van der Waals surface area contributed by atoms with Crippen LogP contribution in [0.25, 0.3) is 0 Å². The first-order valence-corrected chi connectivity index (χ1v) is 16.8. The van der Waals surface area contributed by atoms with Gasteiger partial charge >= 0.3 is 11.9 Å². The van der Waals surface area contributed by atoms with Gasteiger partial charge in [-0.3, -0.25) is 9.59 Å². The van der Waals surface area contributed by atoms with Gasteiger partial charge in [0.15, 0.2) is 0 Å². The van der Waals surface area contributed by atoms with Crippen molar-refractivity contribution in [2.24, 2.45) is 5.92 Å². The molecule has 0 aliphatic rings. The normalized spacial score (nSPS) is 11.4. The maximum Gasteiger partial charge on any atom is 0.313 e. The second kappa shape index (κ2) is 29.7. The standard InChI is InChI=1S/C34H66O3/c1-4-5-6-7-8-9-10-11-15-18-21-24-27-30-33(35)37-34(36)31-28-25-22-19-16-13-12-14-17-20-23-26-29-32(2)3/h32H,4-31H2,1-3H3. The molecule has 0 aromatic carbocycles. The number of hydrogen-bond acceptors (Lipinski definition) is 3. The largest absolute Gasteiger partial charge is 0.393 e. The fourth-order valence-electron chi connectivity index (χ4n) is 5.11. The Bertz CT molecular complexity index is 485. The molecule has 220 valence electrons. The minimum absolute atomic E-state index is 0.326. The SMILES string of the molecule is CCCCCCCCCCCCCCCC(=O)OC(=O)CCCCCCCCCCCCCCC(C)C. The molecule has 0 bridgehead atoms. The molecule has 0 saturated carbocycles. The van der Waals surface area contributed by atoms with Crippen molar-refractivity contribution < 1.29 is 14.3 Å². The van der Waals surface area contributed by atoms with Gasteiger partial charge in [-0.15, -0.1) is 0 Å². The number of rotatable bonds is 29. The Balaban J connectivity index is 3.29. The summed E-state index contributed by atoms with van der Waals surface area (Å²) in [7, 11) is 0. The van der Waals surface area contributed by atoms with E-state index in [2.05, 4.69) is 20.8 Å². The van der Waals surface area contributed by atoms with Gasteiger partial charge in [0.05, 0.1) is 0 Å². The van der Waals surface area contributed by atoms with Gasteiger partial charge in [-0.1, -0.05) is 175 Å². The van der Waals surface area contributed by atoms with E-state index in [-0.39, 0.29) is 11.9 Å². The van der Waals surface area contributed by atoms with Gasteiger partial charge in [0.25, 0.3) is 0 Å². The van der Waals surface area contributed by atoms with Crippen LogP contribution < -0.4 is 0 Å². The van der Waals surface area contributed by atoms with Crippen LogP contribution >= 0.6 is 0 Å². The molecule has 3 heteroatoms. The molecule has 0 aliphatic carbocycles. The van der Waals surface area contributed by atoms with Crippen molar-refractivity contribution in [3.8, 4) is 0 Å². The summed E-state index contributed by atoms with van der Waals surface area (Å²) in [5.74, 6) is 0.202. The number of esters is 2. The van der Waals surface area contributed by atoms with E-state index in [9.17, 15) is 9.59 Å². The van der Waals surface area contributed by atoms with Crippen molar-refractivity contribution in [2.45, 2.75) is 201 Å². The van der Waals surface area contributed by atoms with Gasteiger partial charge in [0.2, 0.25) is 0 Å². The number of carbonyl (C=O) groups excluding carboxylic acids is 2. The molecule has 0 radical (unpaired) electrons. The molecule has 0 aliphatic heterocycles. The summed E-state index contributed by atoms with van der Waals surface area (Å²) in [5.41, 5.74) is 0. The summed E-state index contributed by atoms with van der Waals surface area (Å²) >= 11 is 0. The number of hydrogen-bond donors (Lipinski definition) is 0. The molecule has 0 rings (SSSR count). The van der Waals surface area contributed by atoms with Crippen LogP contribution in [0.4, 0.5) is 0 Å². The van der Waals surface area contributed by atoms with Gasteiger partial charge in [0, 0.05) is 12.8 Å². The lowest BCUT2D eigenvalue weighted by atomic mass is 10.0. The number of ether oxygens (including phenoxy) is 1. The van der Waals surface area contributed by atoms with Crippen LogP contribution in [0.1, 0.15) is 201 Å². The highest BCUT2D eigenvalue weighted by molar-refractivity contribution is 5.85. The van der Waals surface area contributed by atoms with Gasteiger partial charge in [-0.25, -0.2) is 0 Å². The highest BCUT2D eigenvalue weighted by Crippen LogP contribution is 2.15. The lowest BCUT2D eigenvalue weighted by molar-refractivity contribution is -0.159. The average molecular weight is 523 g/mol. The molecule has 0 aromatic rings. The van der Waals surface area contributed by atoms with E-state index >= 15 is 0 Å². The van der Waals surface area contributed by atoms with Gasteiger partial charge in [-0.05, 0) is 18.8 Å². The molecule has 0 N–H and O–H groups in total. The molecule has 0 heterocycles. The van der Waals surface area contributed by atoms with Crippen molar-refractivity contribution in [3.05, 3.63) is 0 Å².